The molecule has 7 aromatic rings. The lowest BCUT2D eigenvalue weighted by Gasteiger charge is -2.32. The number of esters is 1. The van der Waals surface area contributed by atoms with Gasteiger partial charge in [-0.05, 0) is 162 Å². The van der Waals surface area contributed by atoms with E-state index in [2.05, 4.69) is 82.6 Å². The van der Waals surface area contributed by atoms with Crippen molar-refractivity contribution in [3.8, 4) is 34.5 Å². The maximum Gasteiger partial charge on any atom is 0.340 e. The minimum absolute atomic E-state index is 0.00516. The van der Waals surface area contributed by atoms with Crippen LogP contribution in [0.4, 0.5) is 11.4 Å². The Hall–Kier alpha value is -6.55. The molecule has 73 heavy (non-hydrogen) atoms. The third-order valence-corrected chi connectivity index (χ3v) is 16.3. The number of carbonyl (C=O) groups excluding carboxylic acids is 1. The van der Waals surface area contributed by atoms with Crippen molar-refractivity contribution in [1.29, 1.82) is 0 Å². The normalized spacial score (nSPS) is 19.9. The molecular formula is C61H52Cl4N2O6. The molecule has 370 valence electrons. The van der Waals surface area contributed by atoms with E-state index in [4.69, 9.17) is 70.1 Å². The fraction of sp³-hybridized carbons (Fsp3) is 0.230. The molecule has 0 radical (unpaired) electrons. The summed E-state index contributed by atoms with van der Waals surface area (Å²) < 4.78 is 29.7. The molecule has 2 saturated heterocycles. The maximum absolute atomic E-state index is 14.4. The predicted molar refractivity (Wildman–Crippen MR) is 294 cm³/mol. The van der Waals surface area contributed by atoms with E-state index in [1.165, 1.54) is 42.6 Å². The largest absolute Gasteiger partial charge is 0.497 e. The molecule has 0 amide bonds. The summed E-state index contributed by atoms with van der Waals surface area (Å²) in [5, 5.41) is 0.204. The van der Waals surface area contributed by atoms with Crippen LogP contribution in [0.5, 0.6) is 34.5 Å². The summed E-state index contributed by atoms with van der Waals surface area (Å²) in [5.74, 6) is 2.92. The molecule has 4 unspecified atom stereocenters. The molecule has 7 aromatic carbocycles. The van der Waals surface area contributed by atoms with Crippen molar-refractivity contribution in [2.24, 2.45) is 0 Å². The third kappa shape index (κ3) is 10.1. The number of benzene rings is 7. The van der Waals surface area contributed by atoms with Gasteiger partial charge in [0.2, 0.25) is 0 Å². The van der Waals surface area contributed by atoms with Crippen LogP contribution in [0, 0.1) is 0 Å². The number of carbonyl (C=O) groups is 1. The van der Waals surface area contributed by atoms with Gasteiger partial charge < -0.3 is 33.5 Å². The first-order chi connectivity index (χ1) is 35.6. The first kappa shape index (κ1) is 48.7. The van der Waals surface area contributed by atoms with Gasteiger partial charge in [-0.15, -0.1) is 0 Å². The lowest BCUT2D eigenvalue weighted by molar-refractivity contribution is 0.0326. The zero-order chi connectivity index (χ0) is 50.2. The number of allylic oxidation sites excluding steroid dienone is 1. The Morgan fingerprint density at radius 2 is 0.890 bits per heavy atom. The van der Waals surface area contributed by atoms with E-state index in [0.29, 0.717) is 28.6 Å². The highest BCUT2D eigenvalue weighted by Gasteiger charge is 2.48. The molecule has 3 heterocycles. The van der Waals surface area contributed by atoms with E-state index in [1.807, 2.05) is 84.9 Å². The number of fused-ring (bicyclic) bond motifs is 1. The number of ether oxygens (including phenoxy) is 5. The molecule has 4 atom stereocenters. The molecular weight excluding hydrogens is 998 g/mol. The summed E-state index contributed by atoms with van der Waals surface area (Å²) >= 11 is 27.8. The number of methoxy groups -OCH3 is 2. The number of halogens is 4. The van der Waals surface area contributed by atoms with Crippen molar-refractivity contribution in [3.63, 3.8) is 0 Å². The number of cyclic esters (lactones) is 1. The Balaban J connectivity index is 1.02. The second kappa shape index (κ2) is 21.1. The van der Waals surface area contributed by atoms with Crippen LogP contribution in [0.1, 0.15) is 81.6 Å². The van der Waals surface area contributed by atoms with Crippen molar-refractivity contribution in [2.45, 2.75) is 49.5 Å². The van der Waals surface area contributed by atoms with Gasteiger partial charge in [0.05, 0.1) is 39.9 Å². The standard InChI is InChI=1S/C61H52Cl4N2O6/c1-69-43-23-27-47(28-24-43)71-45-19-11-38(12-20-45)49(37-7-15-41(16-8-37)66-31-3-4-32-66)35-50-52(73-61(68)56-55(50)57(62)59(64)60(65)58(56)63)36-51-53(39-9-17-42(18-10-39)67-33-5-6-34-67)54(51)40-13-21-46(22-14-40)72-48-29-25-44(70-2)26-30-48/h7-30,35-36,50,52-54H,3-6,31-34H2,1-2H3/b49-35-,51-36-. The SMILES string of the molecule is COc1ccc(Oc2ccc(/C(=C\C3c4c(Cl)c(Cl)c(Cl)c(Cl)c4C(=O)OC3/C=C3\C(c4ccc(Oc5ccc(OC)cc5)cc4)C3c3ccc(N4CCCC4)cc3)c3ccc(N4CCCC4)cc3)cc2)cc1. The van der Waals surface area contributed by atoms with Crippen molar-refractivity contribution in [2.75, 3.05) is 50.2 Å². The molecule has 3 fully saturated rings. The fourth-order valence-corrected chi connectivity index (χ4v) is 11.7. The second-order valence-electron chi connectivity index (χ2n) is 18.8. The molecule has 4 aliphatic rings. The first-order valence-electron chi connectivity index (χ1n) is 24.7. The van der Waals surface area contributed by atoms with Crippen LogP contribution in [-0.4, -0.2) is 52.5 Å². The summed E-state index contributed by atoms with van der Waals surface area (Å²) in [6, 6.07) is 48.7. The Labute approximate surface area is 446 Å². The molecule has 12 heteroatoms. The average Bonchev–Trinajstić information content (AvgIpc) is 3.77. The van der Waals surface area contributed by atoms with Gasteiger partial charge in [0.15, 0.2) is 0 Å². The summed E-state index contributed by atoms with van der Waals surface area (Å²) in [6.45, 7) is 4.15. The highest BCUT2D eigenvalue weighted by Crippen LogP contribution is 2.61. The second-order valence-corrected chi connectivity index (χ2v) is 20.3. The summed E-state index contributed by atoms with van der Waals surface area (Å²) in [5.41, 5.74) is 9.05. The van der Waals surface area contributed by atoms with Crippen molar-refractivity contribution in [1.82, 2.24) is 0 Å². The maximum atomic E-state index is 14.4. The van der Waals surface area contributed by atoms with Gasteiger partial charge >= 0.3 is 5.97 Å². The minimum Gasteiger partial charge on any atom is -0.497 e. The van der Waals surface area contributed by atoms with Gasteiger partial charge in [-0.1, -0.05) is 107 Å². The number of hydrogen-bond donors (Lipinski definition) is 0. The van der Waals surface area contributed by atoms with Crippen LogP contribution in [-0.2, 0) is 4.74 Å². The Kier molecular flexibility index (Phi) is 14.1. The van der Waals surface area contributed by atoms with Crippen molar-refractivity contribution >= 4 is 69.3 Å². The van der Waals surface area contributed by atoms with E-state index >= 15 is 0 Å². The highest BCUT2D eigenvalue weighted by molar-refractivity contribution is 6.53. The van der Waals surface area contributed by atoms with Crippen LogP contribution >= 0.6 is 46.4 Å². The van der Waals surface area contributed by atoms with Crippen molar-refractivity contribution < 1.29 is 28.5 Å². The van der Waals surface area contributed by atoms with Crippen LogP contribution in [0.15, 0.2) is 163 Å². The molecule has 11 rings (SSSR count). The molecule has 1 saturated carbocycles. The van der Waals surface area contributed by atoms with Gasteiger partial charge in [-0.25, -0.2) is 4.79 Å². The third-order valence-electron chi connectivity index (χ3n) is 14.5. The Bertz CT molecular complexity index is 3190. The number of hydrogen-bond acceptors (Lipinski definition) is 8. The molecule has 3 aliphatic heterocycles. The van der Waals surface area contributed by atoms with Gasteiger partial charge in [0.1, 0.15) is 40.6 Å². The molecule has 0 spiro atoms. The molecule has 0 aromatic heterocycles. The summed E-state index contributed by atoms with van der Waals surface area (Å²) in [6.07, 6.45) is 8.14. The van der Waals surface area contributed by atoms with Gasteiger partial charge in [-0.2, -0.15) is 0 Å². The topological polar surface area (TPSA) is 69.7 Å². The average molecular weight is 1050 g/mol. The smallest absolute Gasteiger partial charge is 0.340 e. The van der Waals surface area contributed by atoms with E-state index in [0.717, 1.165) is 65.5 Å². The van der Waals surface area contributed by atoms with E-state index < -0.39 is 18.0 Å². The number of rotatable bonds is 14. The molecule has 8 nitrogen and oxygen atoms in total. The number of anilines is 2. The van der Waals surface area contributed by atoms with E-state index in [9.17, 15) is 4.79 Å². The predicted octanol–water partition coefficient (Wildman–Crippen LogP) is 16.4. The Morgan fingerprint density at radius 3 is 1.36 bits per heavy atom. The minimum atomic E-state index is -0.827. The van der Waals surface area contributed by atoms with Gasteiger partial charge in [-0.3, -0.25) is 0 Å². The fourth-order valence-electron chi connectivity index (χ4n) is 10.6. The van der Waals surface area contributed by atoms with Crippen LogP contribution in [0.3, 0.4) is 0 Å². The molecule has 1 aliphatic carbocycles. The zero-order valence-electron chi connectivity index (χ0n) is 40.3. The zero-order valence-corrected chi connectivity index (χ0v) is 43.4. The Morgan fingerprint density at radius 1 is 0.507 bits per heavy atom. The van der Waals surface area contributed by atoms with E-state index in [-0.39, 0.29) is 37.5 Å². The van der Waals surface area contributed by atoms with Crippen LogP contribution < -0.4 is 28.7 Å². The van der Waals surface area contributed by atoms with Crippen LogP contribution in [0.25, 0.3) is 5.57 Å². The monoisotopic (exact) mass is 1050 g/mol. The molecule has 0 N–H and O–H groups in total. The quantitative estimate of drug-likeness (QED) is 0.0462. The highest BCUT2D eigenvalue weighted by atomic mass is 35.5. The summed E-state index contributed by atoms with van der Waals surface area (Å²) in [7, 11) is 3.28. The first-order valence-corrected chi connectivity index (χ1v) is 26.2. The lowest BCUT2D eigenvalue weighted by atomic mass is 9.83. The van der Waals surface area contributed by atoms with Gasteiger partial charge in [0.25, 0.3) is 0 Å². The summed E-state index contributed by atoms with van der Waals surface area (Å²) in [4.78, 5) is 19.3. The van der Waals surface area contributed by atoms with Crippen LogP contribution in [0.2, 0.25) is 20.1 Å². The molecule has 0 bridgehead atoms. The van der Waals surface area contributed by atoms with Crippen molar-refractivity contribution in [3.05, 3.63) is 217 Å². The lowest BCUT2D eigenvalue weighted by Crippen LogP contribution is -2.31. The van der Waals surface area contributed by atoms with Gasteiger partial charge in [0, 0.05) is 55.3 Å². The van der Waals surface area contributed by atoms with E-state index in [1.54, 1.807) is 14.2 Å². The number of nitrogens with zero attached hydrogens (tertiary/aromatic N) is 2.